The third-order valence-corrected chi connectivity index (χ3v) is 3.11. The SMILES string of the molecule is CCC(NCc1ccc(OC(C)C)cc1)c1ncc[nH]1. The maximum absolute atomic E-state index is 5.64. The van der Waals surface area contributed by atoms with E-state index in [1.807, 2.05) is 32.2 Å². The molecule has 0 saturated heterocycles. The summed E-state index contributed by atoms with van der Waals surface area (Å²) in [6.45, 7) is 7.04. The molecule has 1 aromatic heterocycles. The van der Waals surface area contributed by atoms with E-state index in [1.165, 1.54) is 5.56 Å². The molecule has 4 heteroatoms. The van der Waals surface area contributed by atoms with Crippen molar-refractivity contribution in [3.05, 3.63) is 48.0 Å². The zero-order chi connectivity index (χ0) is 14.4. The van der Waals surface area contributed by atoms with Crippen LogP contribution in [0.2, 0.25) is 0 Å². The van der Waals surface area contributed by atoms with Crippen LogP contribution in [0.15, 0.2) is 36.7 Å². The van der Waals surface area contributed by atoms with Crippen molar-refractivity contribution in [3.8, 4) is 5.75 Å². The minimum absolute atomic E-state index is 0.211. The zero-order valence-electron chi connectivity index (χ0n) is 12.4. The molecular weight excluding hydrogens is 250 g/mol. The van der Waals surface area contributed by atoms with Crippen LogP contribution in [0, 0.1) is 0 Å². The van der Waals surface area contributed by atoms with Gasteiger partial charge in [-0.2, -0.15) is 0 Å². The predicted octanol–water partition coefficient (Wildman–Crippen LogP) is 3.44. The van der Waals surface area contributed by atoms with E-state index in [1.54, 1.807) is 6.20 Å². The Kier molecular flexibility index (Phi) is 5.18. The first-order valence-corrected chi connectivity index (χ1v) is 7.17. The van der Waals surface area contributed by atoms with Gasteiger partial charge in [-0.15, -0.1) is 0 Å². The molecule has 20 heavy (non-hydrogen) atoms. The molecule has 0 saturated carbocycles. The van der Waals surface area contributed by atoms with E-state index >= 15 is 0 Å². The molecule has 0 aliphatic rings. The molecule has 0 radical (unpaired) electrons. The van der Waals surface area contributed by atoms with Crippen molar-refractivity contribution in [1.82, 2.24) is 15.3 Å². The van der Waals surface area contributed by atoms with Crippen molar-refractivity contribution in [2.75, 3.05) is 0 Å². The fourth-order valence-corrected chi connectivity index (χ4v) is 2.10. The summed E-state index contributed by atoms with van der Waals surface area (Å²) in [6.07, 6.45) is 4.86. The van der Waals surface area contributed by atoms with E-state index in [4.69, 9.17) is 4.74 Å². The number of benzene rings is 1. The molecule has 1 atom stereocenters. The van der Waals surface area contributed by atoms with E-state index in [0.29, 0.717) is 0 Å². The first kappa shape index (κ1) is 14.6. The van der Waals surface area contributed by atoms with Crippen molar-refractivity contribution >= 4 is 0 Å². The maximum Gasteiger partial charge on any atom is 0.123 e. The van der Waals surface area contributed by atoms with Crippen molar-refractivity contribution < 1.29 is 4.74 Å². The number of nitrogens with zero attached hydrogens (tertiary/aromatic N) is 1. The maximum atomic E-state index is 5.64. The summed E-state index contributed by atoms with van der Waals surface area (Å²) in [4.78, 5) is 7.47. The van der Waals surface area contributed by atoms with Gasteiger partial charge in [0.2, 0.25) is 0 Å². The monoisotopic (exact) mass is 273 g/mol. The van der Waals surface area contributed by atoms with E-state index in [0.717, 1.165) is 24.5 Å². The third-order valence-electron chi connectivity index (χ3n) is 3.11. The van der Waals surface area contributed by atoms with Gasteiger partial charge in [-0.3, -0.25) is 0 Å². The zero-order valence-corrected chi connectivity index (χ0v) is 12.4. The van der Waals surface area contributed by atoms with Crippen molar-refractivity contribution in [2.45, 2.75) is 45.9 Å². The number of imidazole rings is 1. The van der Waals surface area contributed by atoms with Gasteiger partial charge in [0, 0.05) is 18.9 Å². The van der Waals surface area contributed by atoms with Gasteiger partial charge in [-0.05, 0) is 38.0 Å². The molecule has 2 rings (SSSR count). The van der Waals surface area contributed by atoms with Crippen LogP contribution >= 0.6 is 0 Å². The highest BCUT2D eigenvalue weighted by Crippen LogP contribution is 2.16. The van der Waals surface area contributed by atoms with Crippen LogP contribution in [-0.2, 0) is 6.54 Å². The highest BCUT2D eigenvalue weighted by Gasteiger charge is 2.10. The second-order valence-electron chi connectivity index (χ2n) is 5.13. The standard InChI is InChI=1S/C16H23N3O/c1-4-15(16-17-9-10-18-16)19-11-13-5-7-14(8-6-13)20-12(2)3/h5-10,12,15,19H,4,11H2,1-3H3,(H,17,18). The summed E-state index contributed by atoms with van der Waals surface area (Å²) in [5.41, 5.74) is 1.24. The quantitative estimate of drug-likeness (QED) is 0.812. The second kappa shape index (κ2) is 7.10. The smallest absolute Gasteiger partial charge is 0.123 e. The van der Waals surface area contributed by atoms with Gasteiger partial charge in [-0.25, -0.2) is 4.98 Å². The Morgan fingerprint density at radius 1 is 1.25 bits per heavy atom. The number of rotatable bonds is 7. The summed E-state index contributed by atoms with van der Waals surface area (Å²) < 4.78 is 5.64. The number of H-pyrrole nitrogens is 1. The van der Waals surface area contributed by atoms with Crippen LogP contribution in [0.1, 0.15) is 44.6 Å². The molecular formula is C16H23N3O. The van der Waals surface area contributed by atoms with E-state index in [2.05, 4.69) is 34.3 Å². The molecule has 0 spiro atoms. The lowest BCUT2D eigenvalue weighted by Gasteiger charge is -2.15. The number of aromatic amines is 1. The fraction of sp³-hybridized carbons (Fsp3) is 0.438. The minimum atomic E-state index is 0.211. The lowest BCUT2D eigenvalue weighted by Crippen LogP contribution is -2.21. The van der Waals surface area contributed by atoms with Crippen LogP contribution in [0.4, 0.5) is 0 Å². The van der Waals surface area contributed by atoms with Gasteiger partial charge >= 0.3 is 0 Å². The van der Waals surface area contributed by atoms with Crippen molar-refractivity contribution in [3.63, 3.8) is 0 Å². The molecule has 0 bridgehead atoms. The highest BCUT2D eigenvalue weighted by molar-refractivity contribution is 5.27. The van der Waals surface area contributed by atoms with Crippen LogP contribution in [0.5, 0.6) is 5.75 Å². The van der Waals surface area contributed by atoms with Crippen LogP contribution < -0.4 is 10.1 Å². The average Bonchev–Trinajstić information content (AvgIpc) is 2.95. The van der Waals surface area contributed by atoms with E-state index in [9.17, 15) is 0 Å². The van der Waals surface area contributed by atoms with Gasteiger partial charge in [0.1, 0.15) is 11.6 Å². The second-order valence-corrected chi connectivity index (χ2v) is 5.13. The molecule has 1 unspecified atom stereocenters. The topological polar surface area (TPSA) is 49.9 Å². The van der Waals surface area contributed by atoms with E-state index < -0.39 is 0 Å². The molecule has 1 heterocycles. The Labute approximate surface area is 120 Å². The van der Waals surface area contributed by atoms with Gasteiger partial charge in [-0.1, -0.05) is 19.1 Å². The third kappa shape index (κ3) is 4.10. The Morgan fingerprint density at radius 2 is 2.00 bits per heavy atom. The van der Waals surface area contributed by atoms with Gasteiger partial charge < -0.3 is 15.0 Å². The number of hydrogen-bond acceptors (Lipinski definition) is 3. The Bertz CT molecular complexity index is 491. The Morgan fingerprint density at radius 3 is 2.55 bits per heavy atom. The highest BCUT2D eigenvalue weighted by atomic mass is 16.5. The fourth-order valence-electron chi connectivity index (χ4n) is 2.10. The summed E-state index contributed by atoms with van der Waals surface area (Å²) >= 11 is 0. The molecule has 108 valence electrons. The summed E-state index contributed by atoms with van der Waals surface area (Å²) in [5, 5.41) is 3.51. The molecule has 4 nitrogen and oxygen atoms in total. The first-order valence-electron chi connectivity index (χ1n) is 7.17. The Hall–Kier alpha value is -1.81. The normalized spacial score (nSPS) is 12.6. The summed E-state index contributed by atoms with van der Waals surface area (Å²) in [6, 6.07) is 8.49. The van der Waals surface area contributed by atoms with Crippen molar-refractivity contribution in [1.29, 1.82) is 0 Å². The first-order chi connectivity index (χ1) is 9.69. The molecule has 0 aliphatic heterocycles. The summed E-state index contributed by atoms with van der Waals surface area (Å²) in [5.74, 6) is 1.91. The molecule has 2 aromatic rings. The van der Waals surface area contributed by atoms with Crippen LogP contribution in [0.25, 0.3) is 0 Å². The number of ether oxygens (including phenoxy) is 1. The average molecular weight is 273 g/mol. The lowest BCUT2D eigenvalue weighted by atomic mass is 10.1. The minimum Gasteiger partial charge on any atom is -0.491 e. The Balaban J connectivity index is 1.90. The molecule has 0 aliphatic carbocycles. The molecule has 0 fully saturated rings. The van der Waals surface area contributed by atoms with Gasteiger partial charge in [0.05, 0.1) is 12.1 Å². The van der Waals surface area contributed by atoms with Gasteiger partial charge in [0.25, 0.3) is 0 Å². The number of hydrogen-bond donors (Lipinski definition) is 2. The largest absolute Gasteiger partial charge is 0.491 e. The number of aromatic nitrogens is 2. The van der Waals surface area contributed by atoms with Gasteiger partial charge in [0.15, 0.2) is 0 Å². The molecule has 0 amide bonds. The predicted molar refractivity (Wildman–Crippen MR) is 80.7 cm³/mol. The summed E-state index contributed by atoms with van der Waals surface area (Å²) in [7, 11) is 0. The van der Waals surface area contributed by atoms with Crippen LogP contribution in [-0.4, -0.2) is 16.1 Å². The number of nitrogens with one attached hydrogen (secondary N) is 2. The molecule has 1 aromatic carbocycles. The van der Waals surface area contributed by atoms with Crippen LogP contribution in [0.3, 0.4) is 0 Å². The van der Waals surface area contributed by atoms with Crippen molar-refractivity contribution in [2.24, 2.45) is 0 Å². The lowest BCUT2D eigenvalue weighted by molar-refractivity contribution is 0.242. The molecule has 2 N–H and O–H groups in total. The van der Waals surface area contributed by atoms with E-state index in [-0.39, 0.29) is 12.1 Å².